The van der Waals surface area contributed by atoms with Gasteiger partial charge in [-0.25, -0.2) is 4.79 Å². The second-order valence-corrected chi connectivity index (χ2v) is 3.00. The Morgan fingerprint density at radius 3 is 2.31 bits per heavy atom. The number of amides is 1. The van der Waals surface area contributed by atoms with Crippen molar-refractivity contribution in [1.29, 1.82) is 0 Å². The fourth-order valence-corrected chi connectivity index (χ4v) is 0.737. The van der Waals surface area contributed by atoms with Crippen LogP contribution in [0.2, 0.25) is 0 Å². The molecule has 0 bridgehead atoms. The number of carboxylic acids is 1. The molecule has 5 nitrogen and oxygen atoms in total. The van der Waals surface area contributed by atoms with Gasteiger partial charge in [-0.3, -0.25) is 9.59 Å². The van der Waals surface area contributed by atoms with Gasteiger partial charge in [0.15, 0.2) is 0 Å². The van der Waals surface area contributed by atoms with Crippen molar-refractivity contribution in [2.45, 2.75) is 26.3 Å². The van der Waals surface area contributed by atoms with E-state index in [1.165, 1.54) is 0 Å². The third kappa shape index (κ3) is 4.25. The summed E-state index contributed by atoms with van der Waals surface area (Å²) in [5.74, 6) is -1.59. The van der Waals surface area contributed by atoms with E-state index in [0.29, 0.717) is 0 Å². The largest absolute Gasteiger partial charge is 0.480 e. The highest BCUT2D eigenvalue weighted by atomic mass is 16.4. The highest BCUT2D eigenvalue weighted by Gasteiger charge is 2.21. The van der Waals surface area contributed by atoms with Gasteiger partial charge < -0.3 is 10.4 Å². The molecule has 0 heterocycles. The van der Waals surface area contributed by atoms with E-state index in [2.05, 4.69) is 5.32 Å². The van der Waals surface area contributed by atoms with Crippen molar-refractivity contribution in [3.05, 3.63) is 0 Å². The average Bonchev–Trinajstić information content (AvgIpc) is 2.03. The number of Topliss-reactive ketones (excluding diaryl/α,β-unsaturated/α-hetero) is 1. The summed E-state index contributed by atoms with van der Waals surface area (Å²) in [6, 6.07) is -1.10. The van der Waals surface area contributed by atoms with Crippen molar-refractivity contribution in [1.82, 2.24) is 5.32 Å². The Morgan fingerprint density at radius 2 is 2.00 bits per heavy atom. The van der Waals surface area contributed by atoms with Gasteiger partial charge in [0.25, 0.3) is 0 Å². The molecule has 0 spiro atoms. The average molecular weight is 187 g/mol. The molecular weight excluding hydrogens is 174 g/mol. The third-order valence-corrected chi connectivity index (χ3v) is 1.62. The molecule has 0 rings (SSSR count). The lowest BCUT2D eigenvalue weighted by Crippen LogP contribution is -2.38. The molecule has 1 unspecified atom stereocenters. The van der Waals surface area contributed by atoms with Crippen LogP contribution in [0.25, 0.3) is 0 Å². The minimum Gasteiger partial charge on any atom is -0.480 e. The molecule has 0 aromatic carbocycles. The van der Waals surface area contributed by atoms with Crippen LogP contribution in [0.3, 0.4) is 0 Å². The molecule has 0 aromatic rings. The molecule has 0 aliphatic heterocycles. The summed E-state index contributed by atoms with van der Waals surface area (Å²) in [5.41, 5.74) is 0. The summed E-state index contributed by atoms with van der Waals surface area (Å²) in [7, 11) is 0. The van der Waals surface area contributed by atoms with Crippen LogP contribution in [-0.4, -0.2) is 29.3 Å². The Labute approximate surface area is 76.1 Å². The molecular formula is C8H13NO4. The lowest BCUT2D eigenvalue weighted by molar-refractivity contribution is -0.142. The Hall–Kier alpha value is -1.39. The van der Waals surface area contributed by atoms with Gasteiger partial charge in [0.1, 0.15) is 11.8 Å². The maximum absolute atomic E-state index is 11.1. The second-order valence-electron chi connectivity index (χ2n) is 3.00. The molecule has 0 aromatic heterocycles. The van der Waals surface area contributed by atoms with Crippen molar-refractivity contribution in [3.8, 4) is 0 Å². The number of carbonyl (C=O) groups excluding carboxylic acids is 2. The predicted molar refractivity (Wildman–Crippen MR) is 45.1 cm³/mol. The van der Waals surface area contributed by atoms with Crippen LogP contribution in [0.15, 0.2) is 0 Å². The van der Waals surface area contributed by atoms with Crippen molar-refractivity contribution in [2.24, 2.45) is 5.92 Å². The zero-order valence-corrected chi connectivity index (χ0v) is 7.61. The van der Waals surface area contributed by atoms with E-state index in [4.69, 9.17) is 5.11 Å². The summed E-state index contributed by atoms with van der Waals surface area (Å²) in [6.07, 6.45) is 0.123. The number of hydrogen-bond donors (Lipinski definition) is 2. The van der Waals surface area contributed by atoms with Crippen molar-refractivity contribution >= 4 is 18.2 Å². The first-order chi connectivity index (χ1) is 5.99. The van der Waals surface area contributed by atoms with E-state index in [9.17, 15) is 14.4 Å². The first-order valence-corrected chi connectivity index (χ1v) is 3.94. The molecule has 0 aliphatic rings. The Kier molecular flexibility index (Phi) is 4.72. The molecule has 13 heavy (non-hydrogen) atoms. The van der Waals surface area contributed by atoms with Gasteiger partial charge in [0.2, 0.25) is 6.41 Å². The monoisotopic (exact) mass is 187 g/mol. The predicted octanol–water partition coefficient (Wildman–Crippen LogP) is -0.199. The highest BCUT2D eigenvalue weighted by molar-refractivity contribution is 5.87. The van der Waals surface area contributed by atoms with Crippen molar-refractivity contribution in [2.75, 3.05) is 0 Å². The number of rotatable bonds is 6. The minimum absolute atomic E-state index is 0.161. The molecule has 0 aliphatic carbocycles. The third-order valence-electron chi connectivity index (χ3n) is 1.62. The quantitative estimate of drug-likeness (QED) is 0.564. The van der Waals surface area contributed by atoms with E-state index in [-0.39, 0.29) is 24.5 Å². The maximum Gasteiger partial charge on any atom is 0.326 e. The van der Waals surface area contributed by atoms with E-state index in [1.807, 2.05) is 0 Å². The van der Waals surface area contributed by atoms with Crippen LogP contribution < -0.4 is 5.32 Å². The summed E-state index contributed by atoms with van der Waals surface area (Å²) in [6.45, 7) is 3.37. The fourth-order valence-electron chi connectivity index (χ4n) is 0.737. The minimum atomic E-state index is -1.19. The van der Waals surface area contributed by atoms with Crippen LogP contribution in [0.5, 0.6) is 0 Å². The molecule has 2 N–H and O–H groups in total. The maximum atomic E-state index is 11.1. The number of carboxylic acid groups (broad SMARTS) is 1. The van der Waals surface area contributed by atoms with Crippen LogP contribution in [-0.2, 0) is 14.4 Å². The van der Waals surface area contributed by atoms with E-state index in [0.717, 1.165) is 0 Å². The molecule has 0 saturated carbocycles. The Bertz CT molecular complexity index is 212. The first kappa shape index (κ1) is 11.6. The van der Waals surface area contributed by atoms with E-state index >= 15 is 0 Å². The lowest BCUT2D eigenvalue weighted by atomic mass is 10.0. The lowest BCUT2D eigenvalue weighted by Gasteiger charge is -2.11. The number of hydrogen-bond acceptors (Lipinski definition) is 3. The van der Waals surface area contributed by atoms with Gasteiger partial charge in [0, 0.05) is 12.3 Å². The molecule has 1 amide bonds. The van der Waals surface area contributed by atoms with Gasteiger partial charge in [-0.15, -0.1) is 0 Å². The van der Waals surface area contributed by atoms with Crippen LogP contribution >= 0.6 is 0 Å². The second kappa shape index (κ2) is 5.29. The zero-order chi connectivity index (χ0) is 10.4. The van der Waals surface area contributed by atoms with Crippen molar-refractivity contribution < 1.29 is 19.5 Å². The molecule has 0 radical (unpaired) electrons. The molecule has 0 saturated heterocycles. The van der Waals surface area contributed by atoms with E-state index in [1.54, 1.807) is 13.8 Å². The fraction of sp³-hybridized carbons (Fsp3) is 0.625. The summed E-state index contributed by atoms with van der Waals surface area (Å²) in [4.78, 5) is 31.6. The van der Waals surface area contributed by atoms with Gasteiger partial charge in [-0.05, 0) is 0 Å². The van der Waals surface area contributed by atoms with Crippen LogP contribution in [0, 0.1) is 5.92 Å². The van der Waals surface area contributed by atoms with Gasteiger partial charge in [-0.2, -0.15) is 0 Å². The van der Waals surface area contributed by atoms with Gasteiger partial charge in [0.05, 0.1) is 0 Å². The Morgan fingerprint density at radius 1 is 1.46 bits per heavy atom. The first-order valence-electron chi connectivity index (χ1n) is 3.94. The highest BCUT2D eigenvalue weighted by Crippen LogP contribution is 2.02. The number of nitrogens with one attached hydrogen (secondary N) is 1. The zero-order valence-electron chi connectivity index (χ0n) is 7.61. The number of aliphatic carboxylic acids is 1. The van der Waals surface area contributed by atoms with Crippen LogP contribution in [0.4, 0.5) is 0 Å². The molecule has 5 heteroatoms. The topological polar surface area (TPSA) is 83.5 Å². The number of carbonyl (C=O) groups is 3. The van der Waals surface area contributed by atoms with E-state index < -0.39 is 12.0 Å². The molecule has 74 valence electrons. The molecule has 0 fully saturated rings. The summed E-state index contributed by atoms with van der Waals surface area (Å²) in [5, 5.41) is 10.6. The summed E-state index contributed by atoms with van der Waals surface area (Å²) >= 11 is 0. The Balaban J connectivity index is 4.17. The van der Waals surface area contributed by atoms with Gasteiger partial charge in [-0.1, -0.05) is 13.8 Å². The van der Waals surface area contributed by atoms with Crippen molar-refractivity contribution in [3.63, 3.8) is 0 Å². The summed E-state index contributed by atoms with van der Waals surface area (Å²) < 4.78 is 0. The standard InChI is InChI=1S/C8H13NO4/c1-5(2)7(11)3-6(8(12)13)9-4-10/h4-6H,3H2,1-2H3,(H,9,10)(H,12,13). The number of ketones is 1. The SMILES string of the molecule is CC(C)C(=O)CC(NC=O)C(=O)O. The van der Waals surface area contributed by atoms with Crippen LogP contribution in [0.1, 0.15) is 20.3 Å². The normalized spacial score (nSPS) is 12.2. The molecule has 1 atom stereocenters. The van der Waals surface area contributed by atoms with Gasteiger partial charge >= 0.3 is 5.97 Å². The smallest absolute Gasteiger partial charge is 0.326 e.